The largest absolute Gasteiger partial charge is 0.508 e. The highest BCUT2D eigenvalue weighted by atomic mass is 35.5. The number of aromatic nitrogens is 2. The van der Waals surface area contributed by atoms with Gasteiger partial charge >= 0.3 is 0 Å². The van der Waals surface area contributed by atoms with Crippen LogP contribution in [0.5, 0.6) is 5.75 Å². The van der Waals surface area contributed by atoms with Gasteiger partial charge in [0.05, 0.1) is 12.1 Å². The summed E-state index contributed by atoms with van der Waals surface area (Å²) in [5, 5.41) is 20.2. The van der Waals surface area contributed by atoms with E-state index in [-0.39, 0.29) is 30.1 Å². The van der Waals surface area contributed by atoms with E-state index in [1.54, 1.807) is 24.3 Å². The zero-order valence-corrected chi connectivity index (χ0v) is 14.4. The Hall–Kier alpha value is -2.05. The molecule has 0 bridgehead atoms. The Morgan fingerprint density at radius 2 is 2.29 bits per heavy atom. The number of hydrogen-bond donors (Lipinski definition) is 3. The van der Waals surface area contributed by atoms with Crippen LogP contribution in [0.25, 0.3) is 0 Å². The van der Waals surface area contributed by atoms with E-state index in [0.29, 0.717) is 11.7 Å². The normalized spacial score (nSPS) is 18.5. The number of phenolic OH excluding ortho intramolecular Hbond substituents is 1. The molecule has 1 aromatic heterocycles. The highest BCUT2D eigenvalue weighted by molar-refractivity contribution is 5.92. The van der Waals surface area contributed by atoms with Crippen LogP contribution < -0.4 is 10.6 Å². The van der Waals surface area contributed by atoms with Gasteiger partial charge in [-0.1, -0.05) is 12.1 Å². The smallest absolute Gasteiger partial charge is 0.272 e. The number of piperidine rings is 1. The number of nitrogens with one attached hydrogen (secondary N) is 2. The minimum atomic E-state index is -0.205. The maximum Gasteiger partial charge on any atom is 0.272 e. The molecule has 0 spiro atoms. The van der Waals surface area contributed by atoms with Crippen molar-refractivity contribution in [2.75, 3.05) is 13.1 Å². The molecule has 3 N–H and O–H groups in total. The van der Waals surface area contributed by atoms with Crippen LogP contribution in [0, 0.1) is 0 Å². The van der Waals surface area contributed by atoms with E-state index >= 15 is 0 Å². The highest BCUT2D eigenvalue weighted by Gasteiger charge is 2.19. The molecular weight excluding hydrogens is 328 g/mol. The number of rotatable bonds is 4. The van der Waals surface area contributed by atoms with Gasteiger partial charge in [0.1, 0.15) is 11.4 Å². The molecular formula is C17H23ClN4O2. The van der Waals surface area contributed by atoms with Crippen LogP contribution in [-0.4, -0.2) is 33.9 Å². The molecule has 2 aromatic rings. The molecule has 130 valence electrons. The van der Waals surface area contributed by atoms with E-state index in [4.69, 9.17) is 0 Å². The molecule has 3 rings (SSSR count). The third-order valence-corrected chi connectivity index (χ3v) is 4.20. The fraction of sp³-hybridized carbons (Fsp3) is 0.412. The Morgan fingerprint density at radius 1 is 1.46 bits per heavy atom. The molecule has 2 heterocycles. The standard InChI is InChI=1S/C17H22N4O2.ClH/c1-12(13-4-2-6-15(22)10-13)19-17(23)16-7-9-21(20-16)14-5-3-8-18-11-14;/h2,4,6-7,9-10,12,14,18,22H,3,5,8,11H2,1H3,(H,19,23);1H. The van der Waals surface area contributed by atoms with Gasteiger partial charge in [0.2, 0.25) is 0 Å². The first-order chi connectivity index (χ1) is 11.1. The van der Waals surface area contributed by atoms with E-state index in [0.717, 1.165) is 31.5 Å². The lowest BCUT2D eigenvalue weighted by molar-refractivity contribution is 0.0933. The Morgan fingerprint density at radius 3 is 3.00 bits per heavy atom. The lowest BCUT2D eigenvalue weighted by Crippen LogP contribution is -2.32. The summed E-state index contributed by atoms with van der Waals surface area (Å²) in [7, 11) is 0. The number of benzene rings is 1. The van der Waals surface area contributed by atoms with Crippen molar-refractivity contribution in [2.45, 2.75) is 31.8 Å². The predicted octanol–water partition coefficient (Wildman–Crippen LogP) is 2.43. The third kappa shape index (κ3) is 4.27. The molecule has 2 atom stereocenters. The lowest BCUT2D eigenvalue weighted by atomic mass is 10.1. The molecule has 1 saturated heterocycles. The van der Waals surface area contributed by atoms with Crippen LogP contribution in [0.4, 0.5) is 0 Å². The first-order valence-electron chi connectivity index (χ1n) is 7.99. The summed E-state index contributed by atoms with van der Waals surface area (Å²) in [6, 6.07) is 8.76. The number of carbonyl (C=O) groups excluding carboxylic acids is 1. The minimum Gasteiger partial charge on any atom is -0.508 e. The van der Waals surface area contributed by atoms with Gasteiger partial charge in [-0.15, -0.1) is 12.4 Å². The number of aromatic hydroxyl groups is 1. The molecule has 24 heavy (non-hydrogen) atoms. The Labute approximate surface area is 147 Å². The van der Waals surface area contributed by atoms with E-state index in [1.165, 1.54) is 0 Å². The molecule has 1 amide bonds. The summed E-state index contributed by atoms with van der Waals surface area (Å²) in [4.78, 5) is 12.3. The van der Waals surface area contributed by atoms with Crippen molar-refractivity contribution < 1.29 is 9.90 Å². The second-order valence-corrected chi connectivity index (χ2v) is 5.97. The maximum atomic E-state index is 12.3. The van der Waals surface area contributed by atoms with Crippen LogP contribution in [0.15, 0.2) is 36.5 Å². The molecule has 1 aliphatic rings. The van der Waals surface area contributed by atoms with Gasteiger partial charge in [0, 0.05) is 12.7 Å². The van der Waals surface area contributed by atoms with Crippen LogP contribution in [0.1, 0.15) is 47.9 Å². The number of carbonyl (C=O) groups is 1. The van der Waals surface area contributed by atoms with Crippen molar-refractivity contribution in [3.05, 3.63) is 47.8 Å². The van der Waals surface area contributed by atoms with Gasteiger partial charge in [-0.25, -0.2) is 0 Å². The van der Waals surface area contributed by atoms with E-state index in [9.17, 15) is 9.90 Å². The minimum absolute atomic E-state index is 0. The van der Waals surface area contributed by atoms with Crippen LogP contribution in [0.3, 0.4) is 0 Å². The van der Waals surface area contributed by atoms with Crippen LogP contribution in [0.2, 0.25) is 0 Å². The molecule has 0 aliphatic carbocycles. The van der Waals surface area contributed by atoms with Crippen molar-refractivity contribution in [1.29, 1.82) is 0 Å². The summed E-state index contributed by atoms with van der Waals surface area (Å²) in [5.41, 5.74) is 1.27. The third-order valence-electron chi connectivity index (χ3n) is 4.20. The van der Waals surface area contributed by atoms with E-state index < -0.39 is 0 Å². The highest BCUT2D eigenvalue weighted by Crippen LogP contribution is 2.19. The van der Waals surface area contributed by atoms with Gasteiger partial charge in [0.15, 0.2) is 0 Å². The number of hydrogen-bond acceptors (Lipinski definition) is 4. The average Bonchev–Trinajstić information content (AvgIpc) is 3.06. The van der Waals surface area contributed by atoms with Crippen molar-refractivity contribution in [1.82, 2.24) is 20.4 Å². The summed E-state index contributed by atoms with van der Waals surface area (Å²) in [6.07, 6.45) is 4.07. The fourth-order valence-corrected chi connectivity index (χ4v) is 2.87. The molecule has 7 heteroatoms. The summed E-state index contributed by atoms with van der Waals surface area (Å²) < 4.78 is 1.88. The molecule has 1 aliphatic heterocycles. The first kappa shape index (κ1) is 18.3. The van der Waals surface area contributed by atoms with Gasteiger partial charge in [-0.2, -0.15) is 5.10 Å². The maximum absolute atomic E-state index is 12.3. The topological polar surface area (TPSA) is 79.2 Å². The van der Waals surface area contributed by atoms with Crippen LogP contribution in [-0.2, 0) is 0 Å². The Bertz CT molecular complexity index is 683. The lowest BCUT2D eigenvalue weighted by Gasteiger charge is -2.22. The van der Waals surface area contributed by atoms with Crippen molar-refractivity contribution in [2.24, 2.45) is 0 Å². The second kappa shape index (κ2) is 8.17. The van der Waals surface area contributed by atoms with Gasteiger partial charge in [-0.3, -0.25) is 9.48 Å². The summed E-state index contributed by atoms with van der Waals surface area (Å²) in [5.74, 6) is -0.0129. The van der Waals surface area contributed by atoms with E-state index in [2.05, 4.69) is 15.7 Å². The molecule has 1 aromatic carbocycles. The predicted molar refractivity (Wildman–Crippen MR) is 94.6 cm³/mol. The molecule has 1 fully saturated rings. The summed E-state index contributed by atoms with van der Waals surface area (Å²) >= 11 is 0. The quantitative estimate of drug-likeness (QED) is 0.791. The Balaban J connectivity index is 0.00000208. The van der Waals surface area contributed by atoms with Gasteiger partial charge in [0.25, 0.3) is 5.91 Å². The van der Waals surface area contributed by atoms with E-state index in [1.807, 2.05) is 23.9 Å². The zero-order valence-electron chi connectivity index (χ0n) is 13.6. The van der Waals surface area contributed by atoms with Crippen molar-refractivity contribution in [3.63, 3.8) is 0 Å². The zero-order chi connectivity index (χ0) is 16.2. The SMILES string of the molecule is CC(NC(=O)c1ccn(C2CCCNC2)n1)c1cccc(O)c1.Cl. The van der Waals surface area contributed by atoms with Crippen LogP contribution >= 0.6 is 12.4 Å². The van der Waals surface area contributed by atoms with Gasteiger partial charge in [-0.05, 0) is 50.1 Å². The van der Waals surface area contributed by atoms with Crippen molar-refractivity contribution in [3.8, 4) is 5.75 Å². The number of amides is 1. The summed E-state index contributed by atoms with van der Waals surface area (Å²) in [6.45, 7) is 3.82. The second-order valence-electron chi connectivity index (χ2n) is 5.97. The number of halogens is 1. The number of phenols is 1. The average molecular weight is 351 g/mol. The van der Waals surface area contributed by atoms with Gasteiger partial charge < -0.3 is 15.7 Å². The molecule has 2 unspecified atom stereocenters. The van der Waals surface area contributed by atoms with Crippen molar-refractivity contribution >= 4 is 18.3 Å². The fourth-order valence-electron chi connectivity index (χ4n) is 2.87. The molecule has 0 saturated carbocycles. The molecule has 6 nitrogen and oxygen atoms in total. The Kier molecular flexibility index (Phi) is 6.23. The first-order valence-corrected chi connectivity index (χ1v) is 7.99. The monoisotopic (exact) mass is 350 g/mol. The number of nitrogens with zero attached hydrogens (tertiary/aromatic N) is 2. The molecule has 0 radical (unpaired) electrons.